The van der Waals surface area contributed by atoms with Crippen molar-refractivity contribution in [2.75, 3.05) is 12.1 Å². The Morgan fingerprint density at radius 3 is 2.69 bits per heavy atom. The summed E-state index contributed by atoms with van der Waals surface area (Å²) in [7, 11) is 0. The van der Waals surface area contributed by atoms with E-state index in [-0.39, 0.29) is 24.1 Å². The van der Waals surface area contributed by atoms with E-state index < -0.39 is 18.1 Å². The Kier molecular flexibility index (Phi) is 4.45. The highest BCUT2D eigenvalue weighted by Crippen LogP contribution is 2.33. The van der Waals surface area contributed by atoms with Gasteiger partial charge in [-0.1, -0.05) is 12.1 Å². The van der Waals surface area contributed by atoms with Crippen LogP contribution in [0.1, 0.15) is 11.1 Å². The van der Waals surface area contributed by atoms with Crippen molar-refractivity contribution < 1.29 is 37.0 Å². The summed E-state index contributed by atoms with van der Waals surface area (Å²) in [5.41, 5.74) is 0.731. The molecule has 0 radical (unpaired) electrons. The van der Waals surface area contributed by atoms with Gasteiger partial charge in [-0.2, -0.15) is 13.2 Å². The number of carbonyl (C=O) groups excluding carboxylic acids is 2. The summed E-state index contributed by atoms with van der Waals surface area (Å²) in [5.74, 6) is -1.70. The van der Waals surface area contributed by atoms with Crippen LogP contribution in [0.5, 0.6) is 11.5 Å². The number of fused-ring (bicyclic) bond motifs is 1. The van der Waals surface area contributed by atoms with Crippen LogP contribution >= 0.6 is 0 Å². The van der Waals surface area contributed by atoms with Gasteiger partial charge in [0.05, 0.1) is 0 Å². The van der Waals surface area contributed by atoms with Crippen molar-refractivity contribution in [3.05, 3.63) is 59.3 Å². The van der Waals surface area contributed by atoms with E-state index in [4.69, 9.17) is 14.2 Å². The molecule has 1 N–H and O–H groups in total. The predicted molar refractivity (Wildman–Crippen MR) is 94.3 cm³/mol. The molecule has 0 bridgehead atoms. The van der Waals surface area contributed by atoms with Crippen LogP contribution in [0.15, 0.2) is 53.2 Å². The quantitative estimate of drug-likeness (QED) is 0.627. The molecule has 0 aromatic heterocycles. The molecule has 2 aromatic rings. The molecular weight excluding hydrogens is 393 g/mol. The summed E-state index contributed by atoms with van der Waals surface area (Å²) < 4.78 is 52.8. The fraction of sp³-hybridized carbons (Fsp3) is 0.105. The molecule has 148 valence electrons. The van der Waals surface area contributed by atoms with Crippen LogP contribution in [0.25, 0.3) is 6.08 Å². The minimum absolute atomic E-state index is 0.0445. The van der Waals surface area contributed by atoms with Crippen molar-refractivity contribution in [1.29, 1.82) is 0 Å². The van der Waals surface area contributed by atoms with Gasteiger partial charge >= 0.3 is 18.1 Å². The van der Waals surface area contributed by atoms with Crippen molar-refractivity contribution in [3.63, 3.8) is 0 Å². The van der Waals surface area contributed by atoms with E-state index in [1.165, 1.54) is 30.3 Å². The Bertz CT molecular complexity index is 1080. The smallest absolute Gasteiger partial charge is 0.454 e. The van der Waals surface area contributed by atoms with Crippen molar-refractivity contribution in [2.24, 2.45) is 4.99 Å². The second-order valence-corrected chi connectivity index (χ2v) is 5.98. The first-order valence-electron chi connectivity index (χ1n) is 8.20. The number of nitrogens with zero attached hydrogens (tertiary/aromatic N) is 1. The number of rotatable bonds is 3. The van der Waals surface area contributed by atoms with Gasteiger partial charge in [-0.15, -0.1) is 0 Å². The van der Waals surface area contributed by atoms with Gasteiger partial charge in [0.25, 0.3) is 0 Å². The van der Waals surface area contributed by atoms with Gasteiger partial charge in [-0.25, -0.2) is 9.79 Å². The normalized spacial score (nSPS) is 16.6. The van der Waals surface area contributed by atoms with Crippen LogP contribution in [-0.4, -0.2) is 30.7 Å². The summed E-state index contributed by atoms with van der Waals surface area (Å²) in [6.45, 7) is 0.0947. The van der Waals surface area contributed by atoms with Crippen LogP contribution in [0.3, 0.4) is 0 Å². The Balaban J connectivity index is 1.57. The summed E-state index contributed by atoms with van der Waals surface area (Å²) >= 11 is 0. The zero-order valence-corrected chi connectivity index (χ0v) is 14.4. The van der Waals surface area contributed by atoms with E-state index in [9.17, 15) is 22.8 Å². The van der Waals surface area contributed by atoms with Gasteiger partial charge in [0, 0.05) is 11.3 Å². The first-order chi connectivity index (χ1) is 13.8. The molecule has 0 unspecified atom stereocenters. The number of amides is 1. The van der Waals surface area contributed by atoms with E-state index in [1.807, 2.05) is 0 Å². The lowest BCUT2D eigenvalue weighted by Gasteiger charge is -2.08. The first-order valence-corrected chi connectivity index (χ1v) is 8.20. The third-order valence-electron chi connectivity index (χ3n) is 3.95. The number of anilines is 1. The summed E-state index contributed by atoms with van der Waals surface area (Å²) in [5, 5.41) is 1.75. The molecule has 10 heteroatoms. The minimum Gasteiger partial charge on any atom is -0.454 e. The zero-order chi connectivity index (χ0) is 20.6. The third kappa shape index (κ3) is 3.91. The summed E-state index contributed by atoms with van der Waals surface area (Å²) in [6, 6.07) is 10.5. The Hall–Kier alpha value is -3.82. The van der Waals surface area contributed by atoms with E-state index in [2.05, 4.69) is 4.99 Å². The molecule has 2 aliphatic heterocycles. The van der Waals surface area contributed by atoms with E-state index in [0.29, 0.717) is 22.6 Å². The van der Waals surface area contributed by atoms with E-state index >= 15 is 0 Å². The lowest BCUT2D eigenvalue weighted by atomic mass is 10.1. The summed E-state index contributed by atoms with van der Waals surface area (Å²) in [4.78, 5) is 27.3. The maximum Gasteiger partial charge on any atom is 0.471 e. The molecule has 0 saturated heterocycles. The number of ether oxygens (including phenoxy) is 3. The van der Waals surface area contributed by atoms with E-state index in [0.717, 1.165) is 0 Å². The Morgan fingerprint density at radius 2 is 1.90 bits per heavy atom. The molecule has 0 spiro atoms. The molecule has 2 aliphatic rings. The number of aliphatic imine (C=N–C) groups is 1. The van der Waals surface area contributed by atoms with Crippen molar-refractivity contribution in [2.45, 2.75) is 6.18 Å². The average molecular weight is 404 g/mol. The van der Waals surface area contributed by atoms with Gasteiger partial charge in [0.1, 0.15) is 0 Å². The molecule has 29 heavy (non-hydrogen) atoms. The molecule has 0 saturated carbocycles. The lowest BCUT2D eigenvalue weighted by molar-refractivity contribution is -0.167. The number of alkyl halides is 3. The van der Waals surface area contributed by atoms with Crippen molar-refractivity contribution in [1.82, 2.24) is 0 Å². The first kappa shape index (κ1) is 18.5. The number of hydrogen-bond acceptors (Lipinski definition) is 6. The topological polar surface area (TPSA) is 86.2 Å². The van der Waals surface area contributed by atoms with Gasteiger partial charge in [0.2, 0.25) is 12.7 Å². The van der Waals surface area contributed by atoms with Gasteiger partial charge in [-0.3, -0.25) is 4.79 Å². The molecule has 1 amide bonds. The Morgan fingerprint density at radius 1 is 1.10 bits per heavy atom. The van der Waals surface area contributed by atoms with Gasteiger partial charge < -0.3 is 19.5 Å². The molecule has 7 nitrogen and oxygen atoms in total. The zero-order valence-electron chi connectivity index (χ0n) is 14.4. The standard InChI is InChI=1S/C19H11F3N2O5/c20-19(21,22)18(26)23-12-3-1-2-10(6-12)7-13-17(25)29-16(24-13)11-4-5-14-15(8-11)28-9-27-14/h1-8H,9H2,(H,23,26)/b13-7-. The fourth-order valence-electron chi connectivity index (χ4n) is 2.63. The second kappa shape index (κ2) is 6.97. The fourth-order valence-corrected chi connectivity index (χ4v) is 2.63. The number of carbonyl (C=O) groups is 2. The molecule has 2 heterocycles. The molecular formula is C19H11F3N2O5. The minimum atomic E-state index is -5.01. The van der Waals surface area contributed by atoms with Gasteiger partial charge in [-0.05, 0) is 42.0 Å². The monoisotopic (exact) mass is 404 g/mol. The second-order valence-electron chi connectivity index (χ2n) is 5.98. The summed E-state index contributed by atoms with van der Waals surface area (Å²) in [6.07, 6.45) is -3.67. The van der Waals surface area contributed by atoms with Crippen molar-refractivity contribution >= 4 is 29.5 Å². The van der Waals surface area contributed by atoms with Crippen LogP contribution < -0.4 is 14.8 Å². The number of halogens is 3. The molecule has 0 aliphatic carbocycles. The molecule has 0 fully saturated rings. The van der Waals surface area contributed by atoms with Crippen molar-refractivity contribution in [3.8, 4) is 11.5 Å². The Labute approximate surface area is 161 Å². The lowest BCUT2D eigenvalue weighted by Crippen LogP contribution is -2.29. The van der Waals surface area contributed by atoms with Crippen LogP contribution in [0, 0.1) is 0 Å². The molecule has 2 aromatic carbocycles. The van der Waals surface area contributed by atoms with E-state index in [1.54, 1.807) is 23.5 Å². The molecule has 0 atom stereocenters. The van der Waals surface area contributed by atoms with Crippen LogP contribution in [0.2, 0.25) is 0 Å². The third-order valence-corrected chi connectivity index (χ3v) is 3.95. The molecule has 4 rings (SSSR count). The predicted octanol–water partition coefficient (Wildman–Crippen LogP) is 3.26. The SMILES string of the molecule is O=C1OC(c2ccc3c(c2)OCO3)=N/C1=C\c1cccc(NC(=O)C(F)(F)F)c1. The highest BCUT2D eigenvalue weighted by molar-refractivity contribution is 6.13. The number of benzene rings is 2. The van der Waals surface area contributed by atoms with Crippen LogP contribution in [0.4, 0.5) is 18.9 Å². The number of hydrogen-bond donors (Lipinski definition) is 1. The van der Waals surface area contributed by atoms with Gasteiger partial charge in [0.15, 0.2) is 17.2 Å². The highest BCUT2D eigenvalue weighted by Gasteiger charge is 2.38. The number of nitrogens with one attached hydrogen (secondary N) is 1. The van der Waals surface area contributed by atoms with Crippen LogP contribution in [-0.2, 0) is 14.3 Å². The maximum absolute atomic E-state index is 12.4. The average Bonchev–Trinajstić information content (AvgIpc) is 3.27. The highest BCUT2D eigenvalue weighted by atomic mass is 19.4. The number of esters is 1. The number of cyclic esters (lactones) is 1. The largest absolute Gasteiger partial charge is 0.471 e. The maximum atomic E-state index is 12.4.